The molecule has 15 heavy (non-hydrogen) atoms. The lowest BCUT2D eigenvalue weighted by Crippen LogP contribution is -2.41. The van der Waals surface area contributed by atoms with Gasteiger partial charge < -0.3 is 10.1 Å². The van der Waals surface area contributed by atoms with E-state index >= 15 is 0 Å². The Kier molecular flexibility index (Phi) is 3.01. The maximum atomic E-state index is 11.7. The van der Waals surface area contributed by atoms with Crippen LogP contribution in [0.25, 0.3) is 0 Å². The molecular weight excluding hydrogens is 194 g/mol. The van der Waals surface area contributed by atoms with Gasteiger partial charge in [-0.25, -0.2) is 0 Å². The minimum atomic E-state index is -0.0668. The molecule has 5 heteroatoms. The van der Waals surface area contributed by atoms with Crippen molar-refractivity contribution in [1.82, 2.24) is 15.5 Å². The number of H-pyrrole nitrogens is 1. The van der Waals surface area contributed by atoms with Crippen molar-refractivity contribution in [1.29, 1.82) is 0 Å². The van der Waals surface area contributed by atoms with Gasteiger partial charge in [0.25, 0.3) is 5.91 Å². The van der Waals surface area contributed by atoms with Gasteiger partial charge in [-0.2, -0.15) is 5.10 Å². The van der Waals surface area contributed by atoms with Crippen molar-refractivity contribution in [2.75, 3.05) is 6.61 Å². The number of aromatic nitrogens is 2. The quantitative estimate of drug-likeness (QED) is 0.753. The Morgan fingerprint density at radius 3 is 3.27 bits per heavy atom. The summed E-state index contributed by atoms with van der Waals surface area (Å²) in [4.78, 5) is 11.7. The Morgan fingerprint density at radius 2 is 2.60 bits per heavy atom. The molecule has 2 rings (SSSR count). The van der Waals surface area contributed by atoms with Crippen LogP contribution in [-0.2, 0) is 4.74 Å². The zero-order valence-corrected chi connectivity index (χ0v) is 8.69. The molecule has 2 N–H and O–H groups in total. The molecule has 1 aromatic rings. The minimum Gasteiger partial charge on any atom is -0.378 e. The number of amides is 1. The van der Waals surface area contributed by atoms with Crippen LogP contribution in [0.5, 0.6) is 0 Å². The zero-order chi connectivity index (χ0) is 10.7. The minimum absolute atomic E-state index is 0.0668. The predicted octanol–water partition coefficient (Wildman–Crippen LogP) is 0.707. The fourth-order valence-electron chi connectivity index (χ4n) is 1.77. The Labute approximate surface area is 88.2 Å². The second-order valence-electron chi connectivity index (χ2n) is 3.86. The molecule has 0 radical (unpaired) electrons. The first-order chi connectivity index (χ1) is 7.25. The molecule has 1 aromatic heterocycles. The Bertz CT molecular complexity index is 323. The molecule has 5 nitrogen and oxygen atoms in total. The van der Waals surface area contributed by atoms with Crippen molar-refractivity contribution >= 4 is 5.91 Å². The first-order valence-electron chi connectivity index (χ1n) is 5.17. The molecule has 0 saturated carbocycles. The molecule has 2 heterocycles. The topological polar surface area (TPSA) is 67.0 Å². The predicted molar refractivity (Wildman–Crippen MR) is 54.5 cm³/mol. The lowest BCUT2D eigenvalue weighted by molar-refractivity contribution is 0.0136. The standard InChI is InChI=1S/C10H15N3O2/c1-7-4-9(2-3-15-7)13-10(14)8-5-11-12-6-8/h5-7,9H,2-4H2,1H3,(H,11,12)(H,13,14). The van der Waals surface area contributed by atoms with Crippen LogP contribution in [0.2, 0.25) is 0 Å². The van der Waals surface area contributed by atoms with Crippen molar-refractivity contribution in [2.45, 2.75) is 31.9 Å². The van der Waals surface area contributed by atoms with Gasteiger partial charge in [0.1, 0.15) is 0 Å². The van der Waals surface area contributed by atoms with Crippen molar-refractivity contribution in [3.05, 3.63) is 18.0 Å². The second kappa shape index (κ2) is 4.44. The molecule has 2 unspecified atom stereocenters. The summed E-state index contributed by atoms with van der Waals surface area (Å²) in [7, 11) is 0. The zero-order valence-electron chi connectivity index (χ0n) is 8.69. The summed E-state index contributed by atoms with van der Waals surface area (Å²) in [6.45, 7) is 2.74. The number of nitrogens with zero attached hydrogens (tertiary/aromatic N) is 1. The molecule has 1 aliphatic rings. The fourth-order valence-corrected chi connectivity index (χ4v) is 1.77. The summed E-state index contributed by atoms with van der Waals surface area (Å²) < 4.78 is 5.41. The second-order valence-corrected chi connectivity index (χ2v) is 3.86. The van der Waals surface area contributed by atoms with Crippen LogP contribution in [-0.4, -0.2) is 34.9 Å². The summed E-state index contributed by atoms with van der Waals surface area (Å²) >= 11 is 0. The van der Waals surface area contributed by atoms with Gasteiger partial charge in [-0.15, -0.1) is 0 Å². The van der Waals surface area contributed by atoms with Gasteiger partial charge in [-0.3, -0.25) is 9.89 Å². The van der Waals surface area contributed by atoms with Crippen molar-refractivity contribution < 1.29 is 9.53 Å². The van der Waals surface area contributed by atoms with Gasteiger partial charge in [0, 0.05) is 18.8 Å². The van der Waals surface area contributed by atoms with E-state index in [4.69, 9.17) is 4.74 Å². The molecule has 0 bridgehead atoms. The summed E-state index contributed by atoms with van der Waals surface area (Å²) in [5.41, 5.74) is 0.578. The third-order valence-electron chi connectivity index (χ3n) is 2.58. The van der Waals surface area contributed by atoms with Gasteiger partial charge in [-0.05, 0) is 19.8 Å². The highest BCUT2D eigenvalue weighted by Crippen LogP contribution is 2.13. The molecule has 82 valence electrons. The highest BCUT2D eigenvalue weighted by molar-refractivity contribution is 5.93. The Morgan fingerprint density at radius 1 is 1.73 bits per heavy atom. The molecule has 1 saturated heterocycles. The van der Waals surface area contributed by atoms with Crippen molar-refractivity contribution in [3.8, 4) is 0 Å². The number of ether oxygens (including phenoxy) is 1. The molecule has 0 aromatic carbocycles. The monoisotopic (exact) mass is 209 g/mol. The van der Waals surface area contributed by atoms with E-state index in [2.05, 4.69) is 15.5 Å². The average Bonchev–Trinajstić information content (AvgIpc) is 2.70. The maximum absolute atomic E-state index is 11.7. The lowest BCUT2D eigenvalue weighted by Gasteiger charge is -2.27. The van der Waals surface area contributed by atoms with Crippen LogP contribution in [0.3, 0.4) is 0 Å². The van der Waals surface area contributed by atoms with E-state index in [1.165, 1.54) is 6.20 Å². The number of nitrogens with one attached hydrogen (secondary N) is 2. The normalized spacial score (nSPS) is 26.2. The third-order valence-corrected chi connectivity index (χ3v) is 2.58. The van der Waals surface area contributed by atoms with Crippen molar-refractivity contribution in [2.24, 2.45) is 0 Å². The number of rotatable bonds is 2. The number of carbonyl (C=O) groups excluding carboxylic acids is 1. The summed E-state index contributed by atoms with van der Waals surface area (Å²) in [6, 6.07) is 0.219. The van der Waals surface area contributed by atoms with E-state index < -0.39 is 0 Å². The van der Waals surface area contributed by atoms with Crippen molar-refractivity contribution in [3.63, 3.8) is 0 Å². The SMILES string of the molecule is CC1CC(NC(=O)c2cn[nH]c2)CCO1. The number of aromatic amines is 1. The summed E-state index contributed by atoms with van der Waals surface area (Å²) in [5.74, 6) is -0.0668. The summed E-state index contributed by atoms with van der Waals surface area (Å²) in [5, 5.41) is 9.33. The van der Waals surface area contributed by atoms with E-state index in [-0.39, 0.29) is 18.1 Å². The molecule has 1 fully saturated rings. The highest BCUT2D eigenvalue weighted by Gasteiger charge is 2.21. The van der Waals surface area contributed by atoms with Gasteiger partial charge in [0.2, 0.25) is 0 Å². The maximum Gasteiger partial charge on any atom is 0.254 e. The van der Waals surface area contributed by atoms with Gasteiger partial charge in [0.05, 0.1) is 17.9 Å². The molecular formula is C10H15N3O2. The summed E-state index contributed by atoms with van der Waals surface area (Å²) in [6.07, 6.45) is 5.11. The smallest absolute Gasteiger partial charge is 0.254 e. The molecule has 2 atom stereocenters. The van der Waals surface area contributed by atoms with Gasteiger partial charge >= 0.3 is 0 Å². The Balaban J connectivity index is 1.89. The van der Waals surface area contributed by atoms with Crippen LogP contribution >= 0.6 is 0 Å². The number of carbonyl (C=O) groups is 1. The average molecular weight is 209 g/mol. The van der Waals surface area contributed by atoms with E-state index in [0.717, 1.165) is 19.4 Å². The lowest BCUT2D eigenvalue weighted by atomic mass is 10.0. The van der Waals surface area contributed by atoms with Crippen LogP contribution < -0.4 is 5.32 Å². The van der Waals surface area contributed by atoms with Gasteiger partial charge in [0.15, 0.2) is 0 Å². The fraction of sp³-hybridized carbons (Fsp3) is 0.600. The molecule has 0 spiro atoms. The first kappa shape index (κ1) is 10.2. The largest absolute Gasteiger partial charge is 0.378 e. The van der Waals surface area contributed by atoms with E-state index in [1.807, 2.05) is 6.92 Å². The molecule has 0 aliphatic carbocycles. The third kappa shape index (κ3) is 2.56. The highest BCUT2D eigenvalue weighted by atomic mass is 16.5. The van der Waals surface area contributed by atoms with Crippen LogP contribution in [0, 0.1) is 0 Å². The van der Waals surface area contributed by atoms with E-state index in [9.17, 15) is 4.79 Å². The number of hydrogen-bond donors (Lipinski definition) is 2. The van der Waals surface area contributed by atoms with Crippen LogP contribution in [0.15, 0.2) is 12.4 Å². The van der Waals surface area contributed by atoms with Crippen LogP contribution in [0.4, 0.5) is 0 Å². The van der Waals surface area contributed by atoms with E-state index in [1.54, 1.807) is 6.20 Å². The molecule has 1 aliphatic heterocycles. The number of hydrogen-bond acceptors (Lipinski definition) is 3. The van der Waals surface area contributed by atoms with E-state index in [0.29, 0.717) is 5.56 Å². The van der Waals surface area contributed by atoms with Crippen LogP contribution in [0.1, 0.15) is 30.1 Å². The first-order valence-corrected chi connectivity index (χ1v) is 5.17. The molecule has 1 amide bonds. The van der Waals surface area contributed by atoms with Gasteiger partial charge in [-0.1, -0.05) is 0 Å². The Hall–Kier alpha value is -1.36.